The van der Waals surface area contributed by atoms with Gasteiger partial charge in [0.2, 0.25) is 0 Å². The summed E-state index contributed by atoms with van der Waals surface area (Å²) >= 11 is 5.74. The van der Waals surface area contributed by atoms with Gasteiger partial charge in [0.1, 0.15) is 0 Å². The van der Waals surface area contributed by atoms with Crippen LogP contribution in [0.3, 0.4) is 0 Å². The Labute approximate surface area is 112 Å². The topological polar surface area (TPSA) is 66.5 Å². The first-order valence-corrected chi connectivity index (χ1v) is 7.30. The summed E-state index contributed by atoms with van der Waals surface area (Å²) in [5, 5.41) is 0.378. The SMILES string of the molecule is CCN(CC)S(=O)(=O)NC(=O)c1cccc(Cl)c1. The highest BCUT2D eigenvalue weighted by molar-refractivity contribution is 7.87. The minimum Gasteiger partial charge on any atom is -0.268 e. The Morgan fingerprint density at radius 2 is 1.94 bits per heavy atom. The van der Waals surface area contributed by atoms with Crippen LogP contribution >= 0.6 is 11.6 Å². The molecule has 7 heteroatoms. The third-order valence-electron chi connectivity index (χ3n) is 2.35. The summed E-state index contributed by atoms with van der Waals surface area (Å²) in [7, 11) is -3.79. The zero-order chi connectivity index (χ0) is 13.8. The highest BCUT2D eigenvalue weighted by atomic mass is 35.5. The molecule has 1 amide bonds. The van der Waals surface area contributed by atoms with Crippen LogP contribution < -0.4 is 4.72 Å². The molecule has 0 spiro atoms. The van der Waals surface area contributed by atoms with Gasteiger partial charge in [-0.05, 0) is 18.2 Å². The number of nitrogens with one attached hydrogen (secondary N) is 1. The molecule has 1 rings (SSSR count). The number of carbonyl (C=O) groups excluding carboxylic acids is 1. The van der Waals surface area contributed by atoms with Gasteiger partial charge in [-0.2, -0.15) is 12.7 Å². The second kappa shape index (κ2) is 6.17. The summed E-state index contributed by atoms with van der Waals surface area (Å²) in [4.78, 5) is 11.8. The lowest BCUT2D eigenvalue weighted by molar-refractivity contribution is 0.0979. The predicted molar refractivity (Wildman–Crippen MR) is 70.8 cm³/mol. The fourth-order valence-corrected chi connectivity index (χ4v) is 2.79. The van der Waals surface area contributed by atoms with Gasteiger partial charge in [-0.15, -0.1) is 0 Å². The molecule has 0 saturated carbocycles. The summed E-state index contributed by atoms with van der Waals surface area (Å²) in [6.45, 7) is 4.00. The number of benzene rings is 1. The maximum absolute atomic E-state index is 11.8. The number of rotatable bonds is 5. The smallest absolute Gasteiger partial charge is 0.268 e. The Hall–Kier alpha value is -1.11. The molecule has 0 fully saturated rings. The van der Waals surface area contributed by atoms with E-state index in [0.717, 1.165) is 4.31 Å². The largest absolute Gasteiger partial charge is 0.304 e. The van der Waals surface area contributed by atoms with Crippen molar-refractivity contribution in [2.45, 2.75) is 13.8 Å². The quantitative estimate of drug-likeness (QED) is 0.897. The van der Waals surface area contributed by atoms with Crippen molar-refractivity contribution in [2.24, 2.45) is 0 Å². The van der Waals surface area contributed by atoms with E-state index in [9.17, 15) is 13.2 Å². The van der Waals surface area contributed by atoms with Gasteiger partial charge in [-0.25, -0.2) is 4.72 Å². The molecule has 0 bridgehead atoms. The van der Waals surface area contributed by atoms with Crippen LogP contribution in [0, 0.1) is 0 Å². The predicted octanol–water partition coefficient (Wildman–Crippen LogP) is 1.66. The maximum atomic E-state index is 11.8. The minimum absolute atomic E-state index is 0.207. The molecule has 5 nitrogen and oxygen atoms in total. The van der Waals surface area contributed by atoms with Crippen LogP contribution in [0.15, 0.2) is 24.3 Å². The Morgan fingerprint density at radius 1 is 1.33 bits per heavy atom. The van der Waals surface area contributed by atoms with Gasteiger partial charge in [-0.1, -0.05) is 31.5 Å². The number of hydrogen-bond donors (Lipinski definition) is 1. The maximum Gasteiger partial charge on any atom is 0.304 e. The van der Waals surface area contributed by atoms with Gasteiger partial charge in [0.15, 0.2) is 0 Å². The summed E-state index contributed by atoms with van der Waals surface area (Å²) in [5.74, 6) is -0.690. The monoisotopic (exact) mass is 290 g/mol. The van der Waals surface area contributed by atoms with E-state index < -0.39 is 16.1 Å². The van der Waals surface area contributed by atoms with Crippen LogP contribution in [0.2, 0.25) is 5.02 Å². The fourth-order valence-electron chi connectivity index (χ4n) is 1.43. The molecule has 0 aliphatic rings. The third-order valence-corrected chi connectivity index (χ3v) is 4.23. The summed E-state index contributed by atoms with van der Waals surface area (Å²) in [5.41, 5.74) is 0.207. The molecule has 0 aliphatic heterocycles. The van der Waals surface area contributed by atoms with Crippen molar-refractivity contribution in [2.75, 3.05) is 13.1 Å². The Kier molecular flexibility index (Phi) is 5.13. The lowest BCUT2D eigenvalue weighted by Gasteiger charge is -2.18. The molecule has 0 saturated heterocycles. The van der Waals surface area contributed by atoms with Crippen LogP contribution in [-0.2, 0) is 10.2 Å². The molecule has 0 aliphatic carbocycles. The van der Waals surface area contributed by atoms with Crippen LogP contribution in [0.5, 0.6) is 0 Å². The molecule has 1 aromatic rings. The number of halogens is 1. The van der Waals surface area contributed by atoms with Gasteiger partial charge in [0, 0.05) is 23.7 Å². The lowest BCUT2D eigenvalue weighted by Crippen LogP contribution is -2.43. The van der Waals surface area contributed by atoms with Crippen molar-refractivity contribution in [1.29, 1.82) is 0 Å². The second-order valence-corrected chi connectivity index (χ2v) is 5.64. The Morgan fingerprint density at radius 3 is 2.44 bits per heavy atom. The molecule has 1 N–H and O–H groups in total. The number of amides is 1. The van der Waals surface area contributed by atoms with Crippen molar-refractivity contribution in [3.05, 3.63) is 34.9 Å². The normalized spacial score (nSPS) is 11.6. The van der Waals surface area contributed by atoms with Crippen molar-refractivity contribution >= 4 is 27.7 Å². The average molecular weight is 291 g/mol. The first kappa shape index (κ1) is 14.9. The Bertz CT molecular complexity index is 527. The zero-order valence-corrected chi connectivity index (χ0v) is 11.8. The van der Waals surface area contributed by atoms with Crippen LogP contribution in [0.25, 0.3) is 0 Å². The van der Waals surface area contributed by atoms with Crippen LogP contribution in [0.1, 0.15) is 24.2 Å². The highest BCUT2D eigenvalue weighted by Gasteiger charge is 2.21. The molecule has 100 valence electrons. The van der Waals surface area contributed by atoms with E-state index in [2.05, 4.69) is 0 Å². The Balaban J connectivity index is 2.88. The summed E-state index contributed by atoms with van der Waals surface area (Å²) < 4.78 is 26.8. The van der Waals surface area contributed by atoms with Gasteiger partial charge in [-0.3, -0.25) is 4.79 Å². The second-order valence-electron chi connectivity index (χ2n) is 3.53. The van der Waals surface area contributed by atoms with Gasteiger partial charge in [0.05, 0.1) is 0 Å². The first-order valence-electron chi connectivity index (χ1n) is 5.48. The van der Waals surface area contributed by atoms with Crippen molar-refractivity contribution in [1.82, 2.24) is 9.03 Å². The van der Waals surface area contributed by atoms with E-state index in [1.54, 1.807) is 26.0 Å². The first-order chi connectivity index (χ1) is 8.40. The van der Waals surface area contributed by atoms with E-state index in [1.807, 2.05) is 4.72 Å². The van der Waals surface area contributed by atoms with Crippen molar-refractivity contribution < 1.29 is 13.2 Å². The van der Waals surface area contributed by atoms with Crippen molar-refractivity contribution in [3.8, 4) is 0 Å². The zero-order valence-electron chi connectivity index (χ0n) is 10.2. The average Bonchev–Trinajstić information content (AvgIpc) is 2.29. The number of nitrogens with zero attached hydrogens (tertiary/aromatic N) is 1. The van der Waals surface area contributed by atoms with E-state index >= 15 is 0 Å². The van der Waals surface area contributed by atoms with E-state index in [1.165, 1.54) is 12.1 Å². The molecule has 0 aromatic heterocycles. The van der Waals surface area contributed by atoms with Crippen molar-refractivity contribution in [3.63, 3.8) is 0 Å². The van der Waals surface area contributed by atoms with Crippen LogP contribution in [-0.4, -0.2) is 31.7 Å². The molecule has 1 aromatic carbocycles. The van der Waals surface area contributed by atoms with Gasteiger partial charge >= 0.3 is 10.2 Å². The molecule has 0 atom stereocenters. The minimum atomic E-state index is -3.79. The molecule has 0 heterocycles. The molecule has 0 unspecified atom stereocenters. The summed E-state index contributed by atoms with van der Waals surface area (Å²) in [6.07, 6.45) is 0. The summed E-state index contributed by atoms with van der Waals surface area (Å²) in [6, 6.07) is 6.10. The van der Waals surface area contributed by atoms with E-state index in [0.29, 0.717) is 18.1 Å². The van der Waals surface area contributed by atoms with Gasteiger partial charge in [0.25, 0.3) is 5.91 Å². The molecular weight excluding hydrogens is 276 g/mol. The van der Waals surface area contributed by atoms with Crippen LogP contribution in [0.4, 0.5) is 0 Å². The number of carbonyl (C=O) groups is 1. The molecular formula is C11H15ClN2O3S. The fraction of sp³-hybridized carbons (Fsp3) is 0.364. The molecule has 0 radical (unpaired) electrons. The van der Waals surface area contributed by atoms with E-state index in [4.69, 9.17) is 11.6 Å². The third kappa shape index (κ3) is 3.69. The van der Waals surface area contributed by atoms with Gasteiger partial charge < -0.3 is 0 Å². The molecule has 18 heavy (non-hydrogen) atoms. The lowest BCUT2D eigenvalue weighted by atomic mass is 10.2. The highest BCUT2D eigenvalue weighted by Crippen LogP contribution is 2.11. The standard InChI is InChI=1S/C11H15ClN2O3S/c1-3-14(4-2)18(16,17)13-11(15)9-6-5-7-10(12)8-9/h5-8H,3-4H2,1-2H3,(H,13,15). The number of hydrogen-bond acceptors (Lipinski definition) is 3. The van der Waals surface area contributed by atoms with E-state index in [-0.39, 0.29) is 5.56 Å².